The molecule has 0 bridgehead atoms. The van der Waals surface area contributed by atoms with E-state index in [0.717, 1.165) is 5.56 Å². The summed E-state index contributed by atoms with van der Waals surface area (Å²) in [5, 5.41) is 3.79. The molecule has 0 saturated carbocycles. The van der Waals surface area contributed by atoms with Crippen molar-refractivity contribution in [1.29, 1.82) is 0 Å². The van der Waals surface area contributed by atoms with Gasteiger partial charge in [0.15, 0.2) is 0 Å². The van der Waals surface area contributed by atoms with Gasteiger partial charge in [0.2, 0.25) is 5.91 Å². The molecule has 0 fully saturated rings. The van der Waals surface area contributed by atoms with Crippen LogP contribution < -0.4 is 5.32 Å². The first-order chi connectivity index (χ1) is 7.63. The molecule has 0 aromatic heterocycles. The first-order valence-corrected chi connectivity index (χ1v) is 5.58. The Bertz CT molecular complexity index is 369. The van der Waals surface area contributed by atoms with E-state index in [9.17, 15) is 4.79 Å². The molecule has 0 aliphatic rings. The molecule has 1 amide bonds. The van der Waals surface area contributed by atoms with Gasteiger partial charge >= 0.3 is 0 Å². The van der Waals surface area contributed by atoms with Crippen molar-refractivity contribution in [3.8, 4) is 0 Å². The summed E-state index contributed by atoms with van der Waals surface area (Å²) in [5.74, 6) is -0.0822. The van der Waals surface area contributed by atoms with Gasteiger partial charge in [0.05, 0.1) is 13.0 Å². The molecular formula is C11H13Cl2NO2. The molecule has 16 heavy (non-hydrogen) atoms. The van der Waals surface area contributed by atoms with Gasteiger partial charge in [-0.2, -0.15) is 0 Å². The van der Waals surface area contributed by atoms with Crippen molar-refractivity contribution in [1.82, 2.24) is 5.32 Å². The maximum absolute atomic E-state index is 11.5. The molecule has 0 saturated heterocycles. The van der Waals surface area contributed by atoms with Gasteiger partial charge < -0.3 is 10.1 Å². The zero-order valence-corrected chi connectivity index (χ0v) is 10.4. The standard InChI is InChI=1S/C11H13Cl2NO2/c1-16-5-4-14-11(15)6-8-2-3-9(12)7-10(8)13/h2-3,7H,4-6H2,1H3,(H,14,15). The second kappa shape index (κ2) is 6.74. The third-order valence-electron chi connectivity index (χ3n) is 1.99. The van der Waals surface area contributed by atoms with Crippen LogP contribution in [-0.4, -0.2) is 26.2 Å². The highest BCUT2D eigenvalue weighted by Gasteiger charge is 2.06. The van der Waals surface area contributed by atoms with E-state index in [2.05, 4.69) is 5.32 Å². The lowest BCUT2D eigenvalue weighted by Crippen LogP contribution is -2.28. The van der Waals surface area contributed by atoms with Crippen LogP contribution in [0.1, 0.15) is 5.56 Å². The van der Waals surface area contributed by atoms with Crippen LogP contribution >= 0.6 is 23.2 Å². The van der Waals surface area contributed by atoms with Crippen LogP contribution in [0.2, 0.25) is 10.0 Å². The fourth-order valence-electron chi connectivity index (χ4n) is 1.19. The maximum atomic E-state index is 11.5. The Kier molecular flexibility index (Phi) is 5.60. The number of carbonyl (C=O) groups excluding carboxylic acids is 1. The Morgan fingerprint density at radius 1 is 1.44 bits per heavy atom. The number of nitrogens with one attached hydrogen (secondary N) is 1. The number of rotatable bonds is 5. The molecular weight excluding hydrogens is 249 g/mol. The van der Waals surface area contributed by atoms with Crippen molar-refractivity contribution in [2.75, 3.05) is 20.3 Å². The number of carbonyl (C=O) groups is 1. The lowest BCUT2D eigenvalue weighted by molar-refractivity contribution is -0.120. The third kappa shape index (κ3) is 4.39. The van der Waals surface area contributed by atoms with Crippen LogP contribution in [0.15, 0.2) is 18.2 Å². The van der Waals surface area contributed by atoms with Gasteiger partial charge in [-0.05, 0) is 17.7 Å². The van der Waals surface area contributed by atoms with Crippen molar-refractivity contribution in [2.24, 2.45) is 0 Å². The minimum absolute atomic E-state index is 0.0822. The molecule has 0 aliphatic carbocycles. The predicted molar refractivity (Wildman–Crippen MR) is 65.1 cm³/mol. The van der Waals surface area contributed by atoms with Gasteiger partial charge in [-0.3, -0.25) is 4.79 Å². The summed E-state index contributed by atoms with van der Waals surface area (Å²) in [6.07, 6.45) is 0.250. The first kappa shape index (κ1) is 13.3. The molecule has 1 rings (SSSR count). The van der Waals surface area contributed by atoms with Crippen molar-refractivity contribution in [2.45, 2.75) is 6.42 Å². The zero-order chi connectivity index (χ0) is 12.0. The van der Waals surface area contributed by atoms with Gasteiger partial charge in [0.25, 0.3) is 0 Å². The van der Waals surface area contributed by atoms with E-state index in [1.54, 1.807) is 25.3 Å². The number of methoxy groups -OCH3 is 1. The van der Waals surface area contributed by atoms with Gasteiger partial charge in [0.1, 0.15) is 0 Å². The molecule has 0 spiro atoms. The minimum atomic E-state index is -0.0822. The molecule has 1 aromatic rings. The van der Waals surface area contributed by atoms with Crippen LogP contribution in [0, 0.1) is 0 Å². The van der Waals surface area contributed by atoms with Crippen LogP contribution in [0.4, 0.5) is 0 Å². The highest BCUT2D eigenvalue weighted by Crippen LogP contribution is 2.21. The quantitative estimate of drug-likeness (QED) is 0.827. The molecule has 0 aliphatic heterocycles. The predicted octanol–water partition coefficient (Wildman–Crippen LogP) is 2.30. The Balaban J connectivity index is 2.49. The van der Waals surface area contributed by atoms with Gasteiger partial charge in [-0.15, -0.1) is 0 Å². The normalized spacial score (nSPS) is 10.2. The second-order valence-electron chi connectivity index (χ2n) is 3.26. The monoisotopic (exact) mass is 261 g/mol. The van der Waals surface area contributed by atoms with Crippen molar-refractivity contribution >= 4 is 29.1 Å². The lowest BCUT2D eigenvalue weighted by atomic mass is 10.1. The van der Waals surface area contributed by atoms with E-state index in [0.29, 0.717) is 23.2 Å². The van der Waals surface area contributed by atoms with E-state index in [-0.39, 0.29) is 12.3 Å². The summed E-state index contributed by atoms with van der Waals surface area (Å²) in [6, 6.07) is 5.09. The molecule has 0 atom stereocenters. The van der Waals surface area contributed by atoms with Gasteiger partial charge in [-0.25, -0.2) is 0 Å². The number of benzene rings is 1. The van der Waals surface area contributed by atoms with E-state index in [1.165, 1.54) is 0 Å². The summed E-state index contributed by atoms with van der Waals surface area (Å²) >= 11 is 11.7. The van der Waals surface area contributed by atoms with Gasteiger partial charge in [0, 0.05) is 23.7 Å². The second-order valence-corrected chi connectivity index (χ2v) is 4.10. The van der Waals surface area contributed by atoms with E-state index >= 15 is 0 Å². The molecule has 1 N–H and O–H groups in total. The zero-order valence-electron chi connectivity index (χ0n) is 8.93. The largest absolute Gasteiger partial charge is 0.383 e. The SMILES string of the molecule is COCCNC(=O)Cc1ccc(Cl)cc1Cl. The van der Waals surface area contributed by atoms with Crippen molar-refractivity contribution < 1.29 is 9.53 Å². The molecule has 0 radical (unpaired) electrons. The van der Waals surface area contributed by atoms with Gasteiger partial charge in [-0.1, -0.05) is 29.3 Å². The van der Waals surface area contributed by atoms with Crippen LogP contribution in [0.3, 0.4) is 0 Å². The Hall–Kier alpha value is -0.770. The topological polar surface area (TPSA) is 38.3 Å². The van der Waals surface area contributed by atoms with Crippen molar-refractivity contribution in [3.63, 3.8) is 0 Å². The smallest absolute Gasteiger partial charge is 0.224 e. The summed E-state index contributed by atoms with van der Waals surface area (Å²) < 4.78 is 4.82. The number of hydrogen-bond acceptors (Lipinski definition) is 2. The van der Waals surface area contributed by atoms with Crippen LogP contribution in [0.25, 0.3) is 0 Å². The number of ether oxygens (including phenoxy) is 1. The van der Waals surface area contributed by atoms with Crippen LogP contribution in [0.5, 0.6) is 0 Å². The van der Waals surface area contributed by atoms with E-state index in [4.69, 9.17) is 27.9 Å². The molecule has 0 unspecified atom stereocenters. The van der Waals surface area contributed by atoms with Crippen molar-refractivity contribution in [3.05, 3.63) is 33.8 Å². The lowest BCUT2D eigenvalue weighted by Gasteiger charge is -2.06. The third-order valence-corrected chi connectivity index (χ3v) is 2.58. The molecule has 5 heteroatoms. The highest BCUT2D eigenvalue weighted by molar-refractivity contribution is 6.35. The van der Waals surface area contributed by atoms with E-state index < -0.39 is 0 Å². The summed E-state index contributed by atoms with van der Waals surface area (Å²) in [5.41, 5.74) is 0.765. The molecule has 0 heterocycles. The van der Waals surface area contributed by atoms with E-state index in [1.807, 2.05) is 0 Å². The summed E-state index contributed by atoms with van der Waals surface area (Å²) in [6.45, 7) is 1.00. The molecule has 1 aromatic carbocycles. The Morgan fingerprint density at radius 3 is 2.81 bits per heavy atom. The average molecular weight is 262 g/mol. The maximum Gasteiger partial charge on any atom is 0.224 e. The number of hydrogen-bond donors (Lipinski definition) is 1. The number of halogens is 2. The Morgan fingerprint density at radius 2 is 2.19 bits per heavy atom. The van der Waals surface area contributed by atoms with Crippen LogP contribution in [-0.2, 0) is 16.0 Å². The number of amides is 1. The fraction of sp³-hybridized carbons (Fsp3) is 0.364. The highest BCUT2D eigenvalue weighted by atomic mass is 35.5. The minimum Gasteiger partial charge on any atom is -0.383 e. The first-order valence-electron chi connectivity index (χ1n) is 4.83. The molecule has 3 nitrogen and oxygen atoms in total. The summed E-state index contributed by atoms with van der Waals surface area (Å²) in [7, 11) is 1.59. The fourth-order valence-corrected chi connectivity index (χ4v) is 1.67. The summed E-state index contributed by atoms with van der Waals surface area (Å²) in [4.78, 5) is 11.5. The Labute approximate surface area is 105 Å². The molecule has 88 valence electrons. The average Bonchev–Trinajstić information content (AvgIpc) is 2.23.